The molecule has 0 aliphatic carbocycles. The molecule has 0 aromatic heterocycles. The molecular formula is C9H7BrF2. The largest absolute Gasteiger partial charge is 0.270 e. The lowest BCUT2D eigenvalue weighted by atomic mass is 10.2. The highest BCUT2D eigenvalue weighted by Gasteiger charge is 2.05. The molecule has 0 amide bonds. The van der Waals surface area contributed by atoms with Crippen LogP contribution in [0.4, 0.5) is 8.78 Å². The molecule has 0 unspecified atom stereocenters. The van der Waals surface area contributed by atoms with Gasteiger partial charge in [-0.1, -0.05) is 30.3 Å². The summed E-state index contributed by atoms with van der Waals surface area (Å²) in [6.45, 7) is 0. The molecule has 0 spiro atoms. The van der Waals surface area contributed by atoms with Crippen LogP contribution in [0.15, 0.2) is 34.8 Å². The van der Waals surface area contributed by atoms with Crippen molar-refractivity contribution in [2.24, 2.45) is 0 Å². The zero-order valence-electron chi connectivity index (χ0n) is 6.18. The molecule has 0 saturated carbocycles. The molecule has 0 N–H and O–H groups in total. The van der Waals surface area contributed by atoms with Crippen LogP contribution in [0.1, 0.15) is 5.56 Å². The third kappa shape index (κ3) is 2.74. The van der Waals surface area contributed by atoms with E-state index in [1.54, 1.807) is 24.3 Å². The molecule has 1 rings (SSSR count). The summed E-state index contributed by atoms with van der Waals surface area (Å²) < 4.78 is 23.9. The van der Waals surface area contributed by atoms with Crippen molar-refractivity contribution in [3.05, 3.63) is 40.4 Å². The van der Waals surface area contributed by atoms with E-state index < -0.39 is 6.43 Å². The summed E-state index contributed by atoms with van der Waals surface area (Å²) in [5.74, 6) is 0. The summed E-state index contributed by atoms with van der Waals surface area (Å²) in [5, 5.41) is 0. The number of rotatable bonds is 2. The zero-order chi connectivity index (χ0) is 8.97. The molecule has 1 aromatic carbocycles. The van der Waals surface area contributed by atoms with E-state index in [2.05, 4.69) is 15.9 Å². The lowest BCUT2D eigenvalue weighted by Crippen LogP contribution is -1.87. The first-order chi connectivity index (χ1) is 5.70. The van der Waals surface area contributed by atoms with Gasteiger partial charge in [0, 0.05) is 0 Å². The van der Waals surface area contributed by atoms with E-state index >= 15 is 0 Å². The van der Waals surface area contributed by atoms with Crippen LogP contribution < -0.4 is 0 Å². The van der Waals surface area contributed by atoms with Gasteiger partial charge >= 0.3 is 0 Å². The Bertz CT molecular complexity index is 267. The van der Waals surface area contributed by atoms with Gasteiger partial charge in [0.25, 0.3) is 6.43 Å². The summed E-state index contributed by atoms with van der Waals surface area (Å²) in [6, 6.07) is 8.98. The van der Waals surface area contributed by atoms with Crippen molar-refractivity contribution in [3.63, 3.8) is 0 Å². The van der Waals surface area contributed by atoms with Crippen LogP contribution in [0.3, 0.4) is 0 Å². The van der Waals surface area contributed by atoms with Gasteiger partial charge in [-0.2, -0.15) is 0 Å². The maximum atomic E-state index is 12.0. The number of hydrogen-bond donors (Lipinski definition) is 0. The topological polar surface area (TPSA) is 0 Å². The smallest absolute Gasteiger partial charge is 0.204 e. The Morgan fingerprint density at radius 2 is 1.83 bits per heavy atom. The first-order valence-electron chi connectivity index (χ1n) is 3.40. The highest BCUT2D eigenvalue weighted by molar-refractivity contribution is 9.11. The van der Waals surface area contributed by atoms with Crippen LogP contribution in [0.5, 0.6) is 0 Å². The van der Waals surface area contributed by atoms with E-state index in [0.29, 0.717) is 0 Å². The molecule has 0 bridgehead atoms. The molecular weight excluding hydrogens is 226 g/mol. The highest BCUT2D eigenvalue weighted by Crippen LogP contribution is 2.18. The number of alkyl halides is 2. The van der Waals surface area contributed by atoms with Gasteiger partial charge in [-0.05, 0) is 27.6 Å². The minimum Gasteiger partial charge on any atom is -0.204 e. The normalized spacial score (nSPS) is 12.2. The average molecular weight is 233 g/mol. The van der Waals surface area contributed by atoms with E-state index in [1.807, 2.05) is 6.07 Å². The number of benzene rings is 1. The summed E-state index contributed by atoms with van der Waals surface area (Å²) in [6.07, 6.45) is -1.03. The minimum atomic E-state index is -2.44. The molecule has 3 heteroatoms. The first kappa shape index (κ1) is 9.39. The van der Waals surface area contributed by atoms with Crippen LogP contribution in [0.2, 0.25) is 0 Å². The Morgan fingerprint density at radius 1 is 1.25 bits per heavy atom. The molecule has 0 aliphatic rings. The summed E-state index contributed by atoms with van der Waals surface area (Å²) >= 11 is 2.79. The fourth-order valence-corrected chi connectivity index (χ4v) is 1.04. The van der Waals surface area contributed by atoms with Crippen molar-refractivity contribution < 1.29 is 8.78 Å². The van der Waals surface area contributed by atoms with Gasteiger partial charge in [0.2, 0.25) is 0 Å². The molecule has 0 nitrogen and oxygen atoms in total. The standard InChI is InChI=1S/C9H7BrF2/c10-8(9(11)12)6-7-4-2-1-3-5-7/h1-6,9H. The zero-order valence-corrected chi connectivity index (χ0v) is 7.76. The SMILES string of the molecule is FC(F)C(Br)=Cc1ccccc1. The van der Waals surface area contributed by atoms with Crippen LogP contribution in [-0.2, 0) is 0 Å². The monoisotopic (exact) mass is 232 g/mol. The summed E-state index contributed by atoms with van der Waals surface area (Å²) in [5.41, 5.74) is 0.768. The van der Waals surface area contributed by atoms with Crippen molar-refractivity contribution in [2.45, 2.75) is 6.43 Å². The molecule has 0 atom stereocenters. The molecule has 0 fully saturated rings. The van der Waals surface area contributed by atoms with Crippen LogP contribution in [0.25, 0.3) is 6.08 Å². The first-order valence-corrected chi connectivity index (χ1v) is 4.20. The van der Waals surface area contributed by atoms with Crippen molar-refractivity contribution >= 4 is 22.0 Å². The second-order valence-electron chi connectivity index (χ2n) is 2.24. The Balaban J connectivity index is 2.81. The molecule has 0 saturated heterocycles. The highest BCUT2D eigenvalue weighted by atomic mass is 79.9. The van der Waals surface area contributed by atoms with E-state index in [1.165, 1.54) is 6.08 Å². The van der Waals surface area contributed by atoms with Crippen molar-refractivity contribution in [1.82, 2.24) is 0 Å². The second-order valence-corrected chi connectivity index (χ2v) is 3.16. The third-order valence-electron chi connectivity index (χ3n) is 1.31. The Kier molecular flexibility index (Phi) is 3.41. The molecule has 64 valence electrons. The lowest BCUT2D eigenvalue weighted by Gasteiger charge is -1.96. The van der Waals surface area contributed by atoms with E-state index in [0.717, 1.165) is 5.56 Å². The number of halogens is 3. The molecule has 0 radical (unpaired) electrons. The maximum absolute atomic E-state index is 12.0. The molecule has 12 heavy (non-hydrogen) atoms. The van der Waals surface area contributed by atoms with Crippen LogP contribution in [-0.4, -0.2) is 6.43 Å². The van der Waals surface area contributed by atoms with Crippen molar-refractivity contribution in [3.8, 4) is 0 Å². The molecule has 0 heterocycles. The van der Waals surface area contributed by atoms with E-state index in [-0.39, 0.29) is 4.48 Å². The van der Waals surface area contributed by atoms with Gasteiger partial charge in [-0.15, -0.1) is 0 Å². The van der Waals surface area contributed by atoms with E-state index in [9.17, 15) is 8.78 Å². The van der Waals surface area contributed by atoms with Crippen molar-refractivity contribution in [2.75, 3.05) is 0 Å². The average Bonchev–Trinajstić information content (AvgIpc) is 2.06. The Hall–Kier alpha value is -0.700. The van der Waals surface area contributed by atoms with Gasteiger partial charge in [-0.25, -0.2) is 8.78 Å². The second kappa shape index (κ2) is 4.36. The van der Waals surface area contributed by atoms with Crippen LogP contribution >= 0.6 is 15.9 Å². The van der Waals surface area contributed by atoms with Gasteiger partial charge in [-0.3, -0.25) is 0 Å². The molecule has 1 aromatic rings. The van der Waals surface area contributed by atoms with Gasteiger partial charge in [0.05, 0.1) is 4.48 Å². The quantitative estimate of drug-likeness (QED) is 0.730. The minimum absolute atomic E-state index is 0.0892. The van der Waals surface area contributed by atoms with E-state index in [4.69, 9.17) is 0 Å². The van der Waals surface area contributed by atoms with Crippen LogP contribution in [0, 0.1) is 0 Å². The Morgan fingerprint density at radius 3 is 2.33 bits per heavy atom. The van der Waals surface area contributed by atoms with Gasteiger partial charge < -0.3 is 0 Å². The fourth-order valence-electron chi connectivity index (χ4n) is 0.771. The lowest BCUT2D eigenvalue weighted by molar-refractivity contribution is 0.202. The predicted octanol–water partition coefficient (Wildman–Crippen LogP) is 3.69. The summed E-state index contributed by atoms with van der Waals surface area (Å²) in [7, 11) is 0. The maximum Gasteiger partial charge on any atom is 0.270 e. The molecule has 0 aliphatic heterocycles. The van der Waals surface area contributed by atoms with Gasteiger partial charge in [0.1, 0.15) is 0 Å². The van der Waals surface area contributed by atoms with Crippen molar-refractivity contribution in [1.29, 1.82) is 0 Å². The summed E-state index contributed by atoms with van der Waals surface area (Å²) in [4.78, 5) is 0. The Labute approximate surface area is 78.0 Å². The fraction of sp³-hybridized carbons (Fsp3) is 0.111. The van der Waals surface area contributed by atoms with Gasteiger partial charge in [0.15, 0.2) is 0 Å². The number of allylic oxidation sites excluding steroid dienone is 1. The third-order valence-corrected chi connectivity index (χ3v) is 1.89. The number of hydrogen-bond acceptors (Lipinski definition) is 0. The predicted molar refractivity (Wildman–Crippen MR) is 49.4 cm³/mol.